The van der Waals surface area contributed by atoms with Crippen LogP contribution in [0.1, 0.15) is 24.6 Å². The lowest BCUT2D eigenvalue weighted by Gasteiger charge is -2.31. The van der Waals surface area contributed by atoms with E-state index >= 15 is 0 Å². The Morgan fingerprint density at radius 2 is 2.12 bits per heavy atom. The van der Waals surface area contributed by atoms with Gasteiger partial charge in [-0.2, -0.15) is 4.31 Å². The highest BCUT2D eigenvalue weighted by Crippen LogP contribution is 2.26. The number of sulfonamides is 1. The summed E-state index contributed by atoms with van der Waals surface area (Å²) in [6, 6.07) is 3.49. The van der Waals surface area contributed by atoms with Crippen LogP contribution in [0.15, 0.2) is 21.3 Å². The average Bonchev–Trinajstić information content (AvgIpc) is 3.10. The largest absolute Gasteiger partial charge is 0.379 e. The number of nitrogens with two attached hydrogens (primary N) is 1. The first-order valence-corrected chi connectivity index (χ1v) is 10.9. The maximum absolute atomic E-state index is 12.6. The Hall–Kier alpha value is -1.16. The summed E-state index contributed by atoms with van der Waals surface area (Å²) in [7, 11) is -3.43. The van der Waals surface area contributed by atoms with Gasteiger partial charge in [-0.3, -0.25) is 0 Å². The molecule has 0 spiro atoms. The van der Waals surface area contributed by atoms with Crippen molar-refractivity contribution < 1.29 is 13.2 Å². The number of morpholine rings is 1. The number of nitrogens with zero attached hydrogens (tertiary/aromatic N) is 3. The van der Waals surface area contributed by atoms with Gasteiger partial charge in [0, 0.05) is 31.1 Å². The smallest absolute Gasteiger partial charge is 0.252 e. The Bertz CT molecular complexity index is 711. The van der Waals surface area contributed by atoms with Gasteiger partial charge in [-0.1, -0.05) is 6.92 Å². The van der Waals surface area contributed by atoms with Crippen LogP contribution in [0, 0.1) is 5.92 Å². The molecule has 25 heavy (non-hydrogen) atoms. The highest BCUT2D eigenvalue weighted by atomic mass is 32.2. The van der Waals surface area contributed by atoms with E-state index < -0.39 is 10.0 Å². The standard InChI is InChI=1S/C16H26N4O3S2/c1-13-3-2-6-19(12-13)16(17)18-11-14-4-5-15(24-14)25(21,22)20-7-9-23-10-8-20/h4-5,13H,2-3,6-12H2,1H3,(H2,17,18). The summed E-state index contributed by atoms with van der Waals surface area (Å²) in [5, 5.41) is 0. The molecule has 140 valence electrons. The summed E-state index contributed by atoms with van der Waals surface area (Å²) < 4.78 is 32.3. The van der Waals surface area contributed by atoms with E-state index in [0.29, 0.717) is 48.9 Å². The van der Waals surface area contributed by atoms with Crippen molar-refractivity contribution in [3.63, 3.8) is 0 Å². The van der Waals surface area contributed by atoms with Gasteiger partial charge in [0.25, 0.3) is 10.0 Å². The van der Waals surface area contributed by atoms with Crippen LogP contribution in [-0.2, 0) is 21.3 Å². The van der Waals surface area contributed by atoms with E-state index in [1.807, 2.05) is 6.07 Å². The zero-order valence-electron chi connectivity index (χ0n) is 14.6. The molecule has 0 aliphatic carbocycles. The van der Waals surface area contributed by atoms with E-state index in [1.165, 1.54) is 22.1 Å². The van der Waals surface area contributed by atoms with E-state index in [9.17, 15) is 8.42 Å². The predicted molar refractivity (Wildman–Crippen MR) is 99.2 cm³/mol. The van der Waals surface area contributed by atoms with Gasteiger partial charge in [-0.05, 0) is 30.9 Å². The van der Waals surface area contributed by atoms with E-state index in [0.717, 1.165) is 24.4 Å². The van der Waals surface area contributed by atoms with Gasteiger partial charge in [-0.25, -0.2) is 13.4 Å². The van der Waals surface area contributed by atoms with Crippen LogP contribution in [0.4, 0.5) is 0 Å². The predicted octanol–water partition coefficient (Wildman–Crippen LogP) is 1.32. The molecule has 0 bridgehead atoms. The molecule has 0 saturated carbocycles. The maximum Gasteiger partial charge on any atom is 0.252 e. The van der Waals surface area contributed by atoms with Gasteiger partial charge in [0.05, 0.1) is 19.8 Å². The molecule has 1 aromatic rings. The van der Waals surface area contributed by atoms with Crippen molar-refractivity contribution in [1.29, 1.82) is 0 Å². The van der Waals surface area contributed by atoms with Crippen LogP contribution >= 0.6 is 11.3 Å². The van der Waals surface area contributed by atoms with E-state index in [-0.39, 0.29) is 0 Å². The molecule has 0 radical (unpaired) electrons. The molecule has 0 amide bonds. The van der Waals surface area contributed by atoms with Gasteiger partial charge in [0.1, 0.15) is 4.21 Å². The van der Waals surface area contributed by atoms with E-state index in [1.54, 1.807) is 6.07 Å². The number of rotatable bonds is 4. The third-order valence-corrected chi connectivity index (χ3v) is 8.02. The summed E-state index contributed by atoms with van der Waals surface area (Å²) in [4.78, 5) is 7.48. The van der Waals surface area contributed by atoms with Crippen molar-refractivity contribution in [3.05, 3.63) is 17.0 Å². The second-order valence-corrected chi connectivity index (χ2v) is 9.94. The zero-order chi connectivity index (χ0) is 17.9. The topological polar surface area (TPSA) is 88.2 Å². The van der Waals surface area contributed by atoms with Crippen LogP contribution in [0.3, 0.4) is 0 Å². The maximum atomic E-state index is 12.6. The molecule has 1 unspecified atom stereocenters. The third kappa shape index (κ3) is 4.52. The number of guanidine groups is 1. The Labute approximate surface area is 153 Å². The quantitative estimate of drug-likeness (QED) is 0.623. The molecular weight excluding hydrogens is 360 g/mol. The van der Waals surface area contributed by atoms with Crippen molar-refractivity contribution in [2.75, 3.05) is 39.4 Å². The molecule has 2 N–H and O–H groups in total. The number of aliphatic imine (C=N–C) groups is 1. The number of ether oxygens (including phenoxy) is 1. The van der Waals surface area contributed by atoms with E-state index in [2.05, 4.69) is 16.8 Å². The van der Waals surface area contributed by atoms with Crippen molar-refractivity contribution in [2.45, 2.75) is 30.5 Å². The van der Waals surface area contributed by atoms with E-state index in [4.69, 9.17) is 10.5 Å². The fourth-order valence-electron chi connectivity index (χ4n) is 3.15. The third-order valence-electron chi connectivity index (χ3n) is 4.58. The minimum Gasteiger partial charge on any atom is -0.379 e. The molecule has 0 aromatic carbocycles. The number of hydrogen-bond donors (Lipinski definition) is 1. The Balaban J connectivity index is 1.64. The molecule has 2 aliphatic rings. The molecule has 2 aliphatic heterocycles. The average molecular weight is 387 g/mol. The summed E-state index contributed by atoms with van der Waals surface area (Å²) in [5.41, 5.74) is 6.11. The Morgan fingerprint density at radius 1 is 1.36 bits per heavy atom. The molecule has 2 fully saturated rings. The van der Waals surface area contributed by atoms with Gasteiger partial charge >= 0.3 is 0 Å². The number of hydrogen-bond acceptors (Lipinski definition) is 5. The van der Waals surface area contributed by atoms with Crippen LogP contribution in [0.25, 0.3) is 0 Å². The highest BCUT2D eigenvalue weighted by molar-refractivity contribution is 7.91. The molecule has 3 rings (SSSR count). The van der Waals surface area contributed by atoms with Gasteiger partial charge in [-0.15, -0.1) is 11.3 Å². The van der Waals surface area contributed by atoms with Crippen molar-refractivity contribution in [2.24, 2.45) is 16.6 Å². The minimum atomic E-state index is -3.43. The summed E-state index contributed by atoms with van der Waals surface area (Å²) in [5.74, 6) is 1.19. The van der Waals surface area contributed by atoms with Crippen molar-refractivity contribution >= 4 is 27.3 Å². The monoisotopic (exact) mass is 386 g/mol. The summed E-state index contributed by atoms with van der Waals surface area (Å²) in [6.07, 6.45) is 2.37. The molecule has 3 heterocycles. The normalized spacial score (nSPS) is 23.8. The molecule has 2 saturated heterocycles. The second-order valence-electron chi connectivity index (χ2n) is 6.61. The minimum absolute atomic E-state index is 0.366. The molecular formula is C16H26N4O3S2. The lowest BCUT2D eigenvalue weighted by Crippen LogP contribution is -2.43. The molecule has 1 atom stereocenters. The van der Waals surface area contributed by atoms with Gasteiger partial charge < -0.3 is 15.4 Å². The Morgan fingerprint density at radius 3 is 2.84 bits per heavy atom. The first-order valence-electron chi connectivity index (χ1n) is 8.68. The fourth-order valence-corrected chi connectivity index (χ4v) is 5.99. The number of thiophene rings is 1. The number of likely N-dealkylation sites (tertiary alicyclic amines) is 1. The summed E-state index contributed by atoms with van der Waals surface area (Å²) >= 11 is 1.27. The Kier molecular flexibility index (Phi) is 5.98. The van der Waals surface area contributed by atoms with Crippen LogP contribution in [-0.4, -0.2) is 63.0 Å². The lowest BCUT2D eigenvalue weighted by atomic mass is 10.0. The highest BCUT2D eigenvalue weighted by Gasteiger charge is 2.27. The van der Waals surface area contributed by atoms with Crippen LogP contribution in [0.2, 0.25) is 0 Å². The van der Waals surface area contributed by atoms with Crippen LogP contribution in [0.5, 0.6) is 0 Å². The first-order chi connectivity index (χ1) is 12.0. The SMILES string of the molecule is CC1CCCN(C(N)=NCc2ccc(S(=O)(=O)N3CCOCC3)s2)C1. The van der Waals surface area contributed by atoms with Gasteiger partial charge in [0.2, 0.25) is 0 Å². The van der Waals surface area contributed by atoms with Gasteiger partial charge in [0.15, 0.2) is 5.96 Å². The van der Waals surface area contributed by atoms with Crippen LogP contribution < -0.4 is 5.73 Å². The second kappa shape index (κ2) is 8.03. The lowest BCUT2D eigenvalue weighted by molar-refractivity contribution is 0.0731. The zero-order valence-corrected chi connectivity index (χ0v) is 16.2. The van der Waals surface area contributed by atoms with Crippen molar-refractivity contribution in [1.82, 2.24) is 9.21 Å². The van der Waals surface area contributed by atoms with Crippen molar-refractivity contribution in [3.8, 4) is 0 Å². The molecule has 7 nitrogen and oxygen atoms in total. The molecule has 9 heteroatoms. The fraction of sp³-hybridized carbons (Fsp3) is 0.688. The number of piperidine rings is 1. The first kappa shape index (κ1) is 18.6. The molecule has 1 aromatic heterocycles. The summed E-state index contributed by atoms with van der Waals surface area (Å²) in [6.45, 7) is 6.25.